The minimum atomic E-state index is -0.641. The zero-order chi connectivity index (χ0) is 12.3. The Morgan fingerprint density at radius 3 is 2.41 bits per heavy atom. The van der Waals surface area contributed by atoms with E-state index in [2.05, 4.69) is 11.8 Å². The molecule has 1 aromatic rings. The molecule has 1 aliphatic carbocycles. The molecule has 0 spiro atoms. The maximum absolute atomic E-state index is 11.4. The zero-order valence-electron chi connectivity index (χ0n) is 10.2. The number of rotatable bonds is 5. The van der Waals surface area contributed by atoms with E-state index >= 15 is 0 Å². The molecule has 0 heterocycles. The summed E-state index contributed by atoms with van der Waals surface area (Å²) in [5.74, 6) is -0.641. The van der Waals surface area contributed by atoms with Crippen LogP contribution in [0.5, 0.6) is 0 Å². The quantitative estimate of drug-likeness (QED) is 0.850. The van der Waals surface area contributed by atoms with Crippen molar-refractivity contribution >= 4 is 11.7 Å². The number of nitrogens with zero attached hydrogens (tertiary/aromatic N) is 1. The highest BCUT2D eigenvalue weighted by molar-refractivity contribution is 5.76. The zero-order valence-corrected chi connectivity index (χ0v) is 10.2. The first kappa shape index (κ1) is 12.0. The number of carbonyl (C=O) groups is 1. The molecule has 3 heteroatoms. The fourth-order valence-corrected chi connectivity index (χ4v) is 2.43. The monoisotopic (exact) mass is 233 g/mol. The number of carboxylic acids is 1. The van der Waals surface area contributed by atoms with Gasteiger partial charge in [-0.1, -0.05) is 24.6 Å². The van der Waals surface area contributed by atoms with Crippen molar-refractivity contribution in [1.29, 1.82) is 0 Å². The van der Waals surface area contributed by atoms with Crippen LogP contribution < -0.4 is 4.90 Å². The molecule has 0 atom stereocenters. The summed E-state index contributed by atoms with van der Waals surface area (Å²) in [6.07, 6.45) is 2.66. The van der Waals surface area contributed by atoms with E-state index in [0.717, 1.165) is 31.5 Å². The highest BCUT2D eigenvalue weighted by Gasteiger charge is 2.45. The molecule has 92 valence electrons. The van der Waals surface area contributed by atoms with Gasteiger partial charge < -0.3 is 10.0 Å². The molecule has 0 aromatic heterocycles. The third-order valence-corrected chi connectivity index (χ3v) is 3.76. The third kappa shape index (κ3) is 2.28. The van der Waals surface area contributed by atoms with Gasteiger partial charge in [0.15, 0.2) is 0 Å². The van der Waals surface area contributed by atoms with Gasteiger partial charge in [0.25, 0.3) is 0 Å². The van der Waals surface area contributed by atoms with E-state index in [-0.39, 0.29) is 0 Å². The smallest absolute Gasteiger partial charge is 0.311 e. The van der Waals surface area contributed by atoms with Crippen molar-refractivity contribution < 1.29 is 9.90 Å². The predicted molar refractivity (Wildman–Crippen MR) is 68.2 cm³/mol. The first-order chi connectivity index (χ1) is 8.18. The van der Waals surface area contributed by atoms with E-state index in [1.807, 2.05) is 30.3 Å². The van der Waals surface area contributed by atoms with Gasteiger partial charge in [-0.15, -0.1) is 0 Å². The Morgan fingerprint density at radius 1 is 1.35 bits per heavy atom. The lowest BCUT2D eigenvalue weighted by Crippen LogP contribution is -2.47. The summed E-state index contributed by atoms with van der Waals surface area (Å²) >= 11 is 0. The molecule has 0 amide bonds. The lowest BCUT2D eigenvalue weighted by Gasteiger charge is -2.42. The summed E-state index contributed by atoms with van der Waals surface area (Å²) in [5, 5.41) is 9.35. The summed E-state index contributed by atoms with van der Waals surface area (Å²) < 4.78 is 0. The van der Waals surface area contributed by atoms with Crippen molar-refractivity contribution in [2.45, 2.75) is 26.2 Å². The van der Waals surface area contributed by atoms with Gasteiger partial charge in [0, 0.05) is 18.8 Å². The molecular formula is C14H19NO2. The van der Waals surface area contributed by atoms with Crippen molar-refractivity contribution in [3.05, 3.63) is 30.3 Å². The number of anilines is 1. The Morgan fingerprint density at radius 2 is 2.00 bits per heavy atom. The van der Waals surface area contributed by atoms with E-state index in [9.17, 15) is 9.90 Å². The summed E-state index contributed by atoms with van der Waals surface area (Å²) in [4.78, 5) is 13.5. The van der Waals surface area contributed by atoms with Gasteiger partial charge in [-0.25, -0.2) is 0 Å². The van der Waals surface area contributed by atoms with Crippen LogP contribution in [-0.4, -0.2) is 24.2 Å². The van der Waals surface area contributed by atoms with Gasteiger partial charge in [-0.3, -0.25) is 4.79 Å². The maximum Gasteiger partial charge on any atom is 0.311 e. The Kier molecular flexibility index (Phi) is 3.36. The van der Waals surface area contributed by atoms with Crippen molar-refractivity contribution in [3.63, 3.8) is 0 Å². The molecule has 0 bridgehead atoms. The topological polar surface area (TPSA) is 40.5 Å². The second kappa shape index (κ2) is 4.78. The minimum Gasteiger partial charge on any atom is -0.481 e. The van der Waals surface area contributed by atoms with Crippen LogP contribution in [0, 0.1) is 5.41 Å². The summed E-state index contributed by atoms with van der Waals surface area (Å²) in [6, 6.07) is 10.0. The first-order valence-corrected chi connectivity index (χ1v) is 6.21. The Hall–Kier alpha value is -1.51. The van der Waals surface area contributed by atoms with Crippen molar-refractivity contribution in [1.82, 2.24) is 0 Å². The standard InChI is InChI=1S/C14H19NO2/c1-2-15(12-7-4-3-5-8-12)11-14(13(16)17)9-6-10-14/h3-5,7-8H,2,6,9-11H2,1H3,(H,16,17). The van der Waals surface area contributed by atoms with Crippen molar-refractivity contribution in [3.8, 4) is 0 Å². The Bertz CT molecular complexity index is 384. The molecular weight excluding hydrogens is 214 g/mol. The Labute approximate surface area is 102 Å². The largest absolute Gasteiger partial charge is 0.481 e. The molecule has 1 aliphatic rings. The van der Waals surface area contributed by atoms with Crippen LogP contribution in [0.15, 0.2) is 30.3 Å². The predicted octanol–water partition coefficient (Wildman–Crippen LogP) is 2.77. The molecule has 0 saturated heterocycles. The van der Waals surface area contributed by atoms with E-state index in [1.54, 1.807) is 0 Å². The van der Waals surface area contributed by atoms with Crippen LogP contribution in [0.4, 0.5) is 5.69 Å². The fourth-order valence-electron chi connectivity index (χ4n) is 2.43. The van der Waals surface area contributed by atoms with Crippen LogP contribution >= 0.6 is 0 Å². The average Bonchev–Trinajstić information content (AvgIpc) is 2.29. The van der Waals surface area contributed by atoms with Gasteiger partial charge in [0.05, 0.1) is 5.41 Å². The number of hydrogen-bond donors (Lipinski definition) is 1. The average molecular weight is 233 g/mol. The van der Waals surface area contributed by atoms with E-state index < -0.39 is 11.4 Å². The van der Waals surface area contributed by atoms with Crippen LogP contribution in [0.25, 0.3) is 0 Å². The summed E-state index contributed by atoms with van der Waals surface area (Å²) in [7, 11) is 0. The normalized spacial score (nSPS) is 17.2. The number of benzene rings is 1. The van der Waals surface area contributed by atoms with Crippen LogP contribution in [-0.2, 0) is 4.79 Å². The van der Waals surface area contributed by atoms with Gasteiger partial charge in [0.1, 0.15) is 0 Å². The molecule has 0 aliphatic heterocycles. The van der Waals surface area contributed by atoms with Crippen LogP contribution in [0.3, 0.4) is 0 Å². The molecule has 0 radical (unpaired) electrons. The van der Waals surface area contributed by atoms with E-state index in [1.165, 1.54) is 0 Å². The van der Waals surface area contributed by atoms with Gasteiger partial charge in [-0.2, -0.15) is 0 Å². The van der Waals surface area contributed by atoms with Crippen LogP contribution in [0.2, 0.25) is 0 Å². The molecule has 0 unspecified atom stereocenters. The number of hydrogen-bond acceptors (Lipinski definition) is 2. The van der Waals surface area contributed by atoms with Gasteiger partial charge >= 0.3 is 5.97 Å². The highest BCUT2D eigenvalue weighted by atomic mass is 16.4. The highest BCUT2D eigenvalue weighted by Crippen LogP contribution is 2.42. The Balaban J connectivity index is 2.13. The second-order valence-corrected chi connectivity index (χ2v) is 4.79. The lowest BCUT2D eigenvalue weighted by molar-refractivity contribution is -0.153. The third-order valence-electron chi connectivity index (χ3n) is 3.76. The molecule has 1 saturated carbocycles. The second-order valence-electron chi connectivity index (χ2n) is 4.79. The molecule has 1 aromatic carbocycles. The molecule has 1 N–H and O–H groups in total. The summed E-state index contributed by atoms with van der Waals surface area (Å²) in [5.41, 5.74) is 0.605. The van der Waals surface area contributed by atoms with Gasteiger partial charge in [-0.05, 0) is 31.9 Å². The first-order valence-electron chi connectivity index (χ1n) is 6.21. The summed E-state index contributed by atoms with van der Waals surface area (Å²) in [6.45, 7) is 3.54. The molecule has 2 rings (SSSR count). The van der Waals surface area contributed by atoms with E-state index in [4.69, 9.17) is 0 Å². The van der Waals surface area contributed by atoms with Crippen LogP contribution in [0.1, 0.15) is 26.2 Å². The number of para-hydroxylation sites is 1. The lowest BCUT2D eigenvalue weighted by atomic mass is 9.68. The van der Waals surface area contributed by atoms with E-state index in [0.29, 0.717) is 6.54 Å². The number of carboxylic acid groups (broad SMARTS) is 1. The SMILES string of the molecule is CCN(CC1(C(=O)O)CCC1)c1ccccc1. The number of aliphatic carboxylic acids is 1. The molecule has 17 heavy (non-hydrogen) atoms. The fraction of sp³-hybridized carbons (Fsp3) is 0.500. The minimum absolute atomic E-state index is 0.508. The van der Waals surface area contributed by atoms with Crippen molar-refractivity contribution in [2.24, 2.45) is 5.41 Å². The molecule has 1 fully saturated rings. The van der Waals surface area contributed by atoms with Crippen molar-refractivity contribution in [2.75, 3.05) is 18.0 Å². The molecule has 3 nitrogen and oxygen atoms in total. The van der Waals surface area contributed by atoms with Gasteiger partial charge in [0.2, 0.25) is 0 Å². The maximum atomic E-state index is 11.4.